The number of hydrogen-bond acceptors (Lipinski definition) is 5. The van der Waals surface area contributed by atoms with Crippen LogP contribution in [0.4, 0.5) is 17.2 Å². The first-order valence-corrected chi connectivity index (χ1v) is 10.4. The molecule has 8 heteroatoms. The van der Waals surface area contributed by atoms with Gasteiger partial charge in [-0.2, -0.15) is 5.21 Å². The number of anilines is 3. The standard InChI is InChI=1S/C23H20BrN5O2/c1-15-13-18(9-12-20(15)24)26-23(30)21-22(28-29-27-21)25-17-7-10-19(11-8-17)31-14-16-5-3-2-4-6-16/h2-13H,14H2,1H3,(H,26,30)(H2,25,27,28,29). The second-order valence-electron chi connectivity index (χ2n) is 6.86. The zero-order chi connectivity index (χ0) is 21.6. The highest BCUT2D eigenvalue weighted by molar-refractivity contribution is 9.10. The highest BCUT2D eigenvalue weighted by Gasteiger charge is 2.17. The smallest absolute Gasteiger partial charge is 0.280 e. The molecule has 0 atom stereocenters. The van der Waals surface area contributed by atoms with E-state index in [1.54, 1.807) is 0 Å². The largest absolute Gasteiger partial charge is 0.489 e. The summed E-state index contributed by atoms with van der Waals surface area (Å²) < 4.78 is 6.78. The van der Waals surface area contributed by atoms with Crippen LogP contribution in [0, 0.1) is 6.92 Å². The van der Waals surface area contributed by atoms with Crippen LogP contribution < -0.4 is 15.4 Å². The van der Waals surface area contributed by atoms with Gasteiger partial charge >= 0.3 is 0 Å². The molecule has 3 aromatic carbocycles. The number of nitrogens with zero attached hydrogens (tertiary/aromatic N) is 2. The van der Waals surface area contributed by atoms with Crippen molar-refractivity contribution in [3.05, 3.63) is 94.1 Å². The van der Waals surface area contributed by atoms with Crippen molar-refractivity contribution in [1.82, 2.24) is 15.4 Å². The van der Waals surface area contributed by atoms with Gasteiger partial charge in [0, 0.05) is 15.8 Å². The molecule has 0 aliphatic carbocycles. The summed E-state index contributed by atoms with van der Waals surface area (Å²) in [6.45, 7) is 2.45. The van der Waals surface area contributed by atoms with E-state index < -0.39 is 0 Å². The van der Waals surface area contributed by atoms with Crippen LogP contribution in [0.1, 0.15) is 21.6 Å². The van der Waals surface area contributed by atoms with Crippen LogP contribution in [0.5, 0.6) is 5.75 Å². The molecule has 3 N–H and O–H groups in total. The molecule has 4 rings (SSSR count). The van der Waals surface area contributed by atoms with Crippen molar-refractivity contribution in [1.29, 1.82) is 0 Å². The molecule has 0 saturated carbocycles. The number of H-pyrrole nitrogens is 1. The van der Waals surface area contributed by atoms with Gasteiger partial charge in [0.25, 0.3) is 5.91 Å². The van der Waals surface area contributed by atoms with Gasteiger partial charge in [0.2, 0.25) is 0 Å². The molecule has 1 aromatic heterocycles. The zero-order valence-electron chi connectivity index (χ0n) is 16.7. The van der Waals surface area contributed by atoms with E-state index in [-0.39, 0.29) is 11.6 Å². The number of aromatic nitrogens is 3. The van der Waals surface area contributed by atoms with Crippen molar-refractivity contribution in [2.45, 2.75) is 13.5 Å². The second kappa shape index (κ2) is 9.44. The first-order chi connectivity index (χ1) is 15.1. The molecule has 31 heavy (non-hydrogen) atoms. The van der Waals surface area contributed by atoms with E-state index in [2.05, 4.69) is 42.0 Å². The molecule has 0 aliphatic heterocycles. The van der Waals surface area contributed by atoms with Gasteiger partial charge in [-0.25, -0.2) is 0 Å². The number of hydrogen-bond donors (Lipinski definition) is 3. The summed E-state index contributed by atoms with van der Waals surface area (Å²) in [6.07, 6.45) is 0. The average molecular weight is 478 g/mol. The van der Waals surface area contributed by atoms with Crippen molar-refractivity contribution >= 4 is 39.0 Å². The lowest BCUT2D eigenvalue weighted by Gasteiger charge is -2.09. The Morgan fingerprint density at radius 1 is 1.00 bits per heavy atom. The number of nitrogens with one attached hydrogen (secondary N) is 3. The molecule has 0 unspecified atom stereocenters. The molecular weight excluding hydrogens is 458 g/mol. The fourth-order valence-corrected chi connectivity index (χ4v) is 3.15. The molecular formula is C23H20BrN5O2. The lowest BCUT2D eigenvalue weighted by atomic mass is 10.2. The molecule has 156 valence electrons. The van der Waals surface area contributed by atoms with Crippen molar-refractivity contribution in [3.8, 4) is 5.75 Å². The highest BCUT2D eigenvalue weighted by Crippen LogP contribution is 2.23. The van der Waals surface area contributed by atoms with E-state index >= 15 is 0 Å². The molecule has 1 amide bonds. The molecule has 0 radical (unpaired) electrons. The Labute approximate surface area is 188 Å². The average Bonchev–Trinajstić information content (AvgIpc) is 3.25. The van der Waals surface area contributed by atoms with Crippen LogP contribution in [0.2, 0.25) is 0 Å². The Bertz CT molecular complexity index is 1180. The Morgan fingerprint density at radius 3 is 2.48 bits per heavy atom. The number of aromatic amines is 1. The second-order valence-corrected chi connectivity index (χ2v) is 7.72. The van der Waals surface area contributed by atoms with E-state index in [1.807, 2.05) is 79.7 Å². The Balaban J connectivity index is 1.39. The van der Waals surface area contributed by atoms with E-state index in [9.17, 15) is 4.79 Å². The van der Waals surface area contributed by atoms with Crippen molar-refractivity contribution in [2.24, 2.45) is 0 Å². The summed E-state index contributed by atoms with van der Waals surface area (Å²) in [4.78, 5) is 12.7. The predicted molar refractivity (Wildman–Crippen MR) is 124 cm³/mol. The predicted octanol–water partition coefficient (Wildman–Crippen LogP) is 5.45. The summed E-state index contributed by atoms with van der Waals surface area (Å²) in [5, 5.41) is 16.5. The van der Waals surface area contributed by atoms with Crippen molar-refractivity contribution in [3.63, 3.8) is 0 Å². The van der Waals surface area contributed by atoms with Crippen LogP contribution in [0.25, 0.3) is 0 Å². The van der Waals surface area contributed by atoms with Gasteiger partial charge < -0.3 is 15.4 Å². The molecule has 7 nitrogen and oxygen atoms in total. The fourth-order valence-electron chi connectivity index (χ4n) is 2.90. The summed E-state index contributed by atoms with van der Waals surface area (Å²) >= 11 is 3.45. The van der Waals surface area contributed by atoms with Gasteiger partial charge in [0.15, 0.2) is 11.5 Å². The fraction of sp³-hybridized carbons (Fsp3) is 0.0870. The third-order valence-corrected chi connectivity index (χ3v) is 5.43. The maximum absolute atomic E-state index is 12.7. The summed E-state index contributed by atoms with van der Waals surface area (Å²) in [5.41, 5.74) is 3.73. The van der Waals surface area contributed by atoms with E-state index in [0.29, 0.717) is 18.1 Å². The van der Waals surface area contributed by atoms with E-state index in [0.717, 1.165) is 27.0 Å². The maximum atomic E-state index is 12.7. The van der Waals surface area contributed by atoms with Crippen molar-refractivity contribution in [2.75, 3.05) is 10.6 Å². The number of benzene rings is 3. The number of aryl methyl sites for hydroxylation is 1. The molecule has 0 aliphatic rings. The number of rotatable bonds is 7. The number of ether oxygens (including phenoxy) is 1. The topological polar surface area (TPSA) is 91.9 Å². The lowest BCUT2D eigenvalue weighted by molar-refractivity contribution is 0.102. The molecule has 0 fully saturated rings. The summed E-state index contributed by atoms with van der Waals surface area (Å²) in [6, 6.07) is 23.0. The van der Waals surface area contributed by atoms with Gasteiger partial charge in [-0.15, -0.1) is 10.2 Å². The van der Waals surface area contributed by atoms with Crippen LogP contribution >= 0.6 is 15.9 Å². The number of halogens is 1. The van der Waals surface area contributed by atoms with Crippen LogP contribution in [-0.2, 0) is 6.61 Å². The molecule has 4 aromatic rings. The van der Waals surface area contributed by atoms with Crippen molar-refractivity contribution < 1.29 is 9.53 Å². The van der Waals surface area contributed by atoms with Gasteiger partial charge in [0.05, 0.1) is 0 Å². The highest BCUT2D eigenvalue weighted by atomic mass is 79.9. The first kappa shape index (κ1) is 20.6. The van der Waals surface area contributed by atoms with E-state index in [4.69, 9.17) is 4.74 Å². The quantitative estimate of drug-likeness (QED) is 0.329. The van der Waals surface area contributed by atoms with Gasteiger partial charge in [-0.3, -0.25) is 4.79 Å². The number of carbonyl (C=O) groups excluding carboxylic acids is 1. The molecule has 0 spiro atoms. The van der Waals surface area contributed by atoms with E-state index in [1.165, 1.54) is 0 Å². The normalized spacial score (nSPS) is 10.5. The minimum absolute atomic E-state index is 0.171. The van der Waals surface area contributed by atoms with Gasteiger partial charge in [-0.05, 0) is 60.5 Å². The monoisotopic (exact) mass is 477 g/mol. The van der Waals surface area contributed by atoms with Crippen LogP contribution in [-0.4, -0.2) is 21.3 Å². The number of carbonyl (C=O) groups is 1. The summed E-state index contributed by atoms with van der Waals surface area (Å²) in [7, 11) is 0. The Morgan fingerprint density at radius 2 is 1.74 bits per heavy atom. The Hall–Kier alpha value is -3.65. The molecule has 1 heterocycles. The molecule has 0 bridgehead atoms. The minimum Gasteiger partial charge on any atom is -0.489 e. The zero-order valence-corrected chi connectivity index (χ0v) is 18.3. The third kappa shape index (κ3) is 5.29. The van der Waals surface area contributed by atoms with Gasteiger partial charge in [-0.1, -0.05) is 46.3 Å². The summed E-state index contributed by atoms with van der Waals surface area (Å²) in [5.74, 6) is 0.725. The molecule has 0 saturated heterocycles. The third-order valence-electron chi connectivity index (χ3n) is 4.54. The first-order valence-electron chi connectivity index (χ1n) is 9.60. The maximum Gasteiger partial charge on any atom is 0.280 e. The SMILES string of the molecule is Cc1cc(NC(=O)c2n[nH]nc2Nc2ccc(OCc3ccccc3)cc2)ccc1Br. The van der Waals surface area contributed by atoms with Crippen LogP contribution in [0.3, 0.4) is 0 Å². The minimum atomic E-state index is -0.360. The number of amides is 1. The van der Waals surface area contributed by atoms with Gasteiger partial charge in [0.1, 0.15) is 12.4 Å². The lowest BCUT2D eigenvalue weighted by Crippen LogP contribution is -2.14. The van der Waals surface area contributed by atoms with Crippen LogP contribution in [0.15, 0.2) is 77.3 Å². The Kier molecular flexibility index (Phi) is 6.28.